The highest BCUT2D eigenvalue weighted by Crippen LogP contribution is 2.31. The first-order valence-corrected chi connectivity index (χ1v) is 9.22. The molecule has 0 saturated heterocycles. The van der Waals surface area contributed by atoms with Gasteiger partial charge in [0.15, 0.2) is 5.58 Å². The summed E-state index contributed by atoms with van der Waals surface area (Å²) in [6.45, 7) is 2.81. The molecule has 1 saturated carbocycles. The van der Waals surface area contributed by atoms with Gasteiger partial charge in [-0.25, -0.2) is 9.78 Å². The molecule has 1 fully saturated rings. The number of urea groups is 1. The Hall–Kier alpha value is -3.23. The molecule has 28 heavy (non-hydrogen) atoms. The number of carbonyl (C=O) groups excluding carboxylic acids is 1. The molecule has 9 heteroatoms. The molecule has 1 atom stereocenters. The van der Waals surface area contributed by atoms with E-state index in [9.17, 15) is 4.79 Å². The number of oxazole rings is 1. The van der Waals surface area contributed by atoms with Crippen molar-refractivity contribution in [2.24, 2.45) is 5.92 Å². The molecule has 2 aromatic heterocycles. The molecule has 0 spiro atoms. The SMILES string of the molecule is CNC(=O)N[C@@H](C)COc1cc(-c2nc3cc(OCC4CC4)ccc3o2)on1. The minimum atomic E-state index is -0.274. The molecular formula is C19H22N4O5. The molecule has 148 valence electrons. The number of amides is 2. The number of fused-ring (bicyclic) bond motifs is 1. The molecule has 0 unspecified atom stereocenters. The maximum Gasteiger partial charge on any atom is 0.314 e. The van der Waals surface area contributed by atoms with Crippen LogP contribution >= 0.6 is 0 Å². The van der Waals surface area contributed by atoms with Crippen molar-refractivity contribution in [2.45, 2.75) is 25.8 Å². The van der Waals surface area contributed by atoms with Gasteiger partial charge in [0, 0.05) is 13.1 Å². The fraction of sp³-hybridized carbons (Fsp3) is 0.421. The van der Waals surface area contributed by atoms with Crippen LogP contribution in [0.1, 0.15) is 19.8 Å². The van der Waals surface area contributed by atoms with Crippen molar-refractivity contribution in [3.8, 4) is 23.3 Å². The summed E-state index contributed by atoms with van der Waals surface area (Å²) in [6.07, 6.45) is 2.49. The van der Waals surface area contributed by atoms with Gasteiger partial charge >= 0.3 is 6.03 Å². The minimum Gasteiger partial charge on any atom is -0.493 e. The van der Waals surface area contributed by atoms with Gasteiger partial charge in [0.25, 0.3) is 11.8 Å². The molecule has 2 heterocycles. The normalized spacial score (nSPS) is 14.6. The van der Waals surface area contributed by atoms with E-state index >= 15 is 0 Å². The minimum absolute atomic E-state index is 0.196. The van der Waals surface area contributed by atoms with Crippen molar-refractivity contribution in [1.82, 2.24) is 20.8 Å². The van der Waals surface area contributed by atoms with Gasteiger partial charge in [0.05, 0.1) is 18.7 Å². The molecule has 2 N–H and O–H groups in total. The van der Waals surface area contributed by atoms with E-state index in [2.05, 4.69) is 20.8 Å². The number of hydrogen-bond donors (Lipinski definition) is 2. The summed E-state index contributed by atoms with van der Waals surface area (Å²) < 4.78 is 22.3. The third kappa shape index (κ3) is 4.36. The van der Waals surface area contributed by atoms with Gasteiger partial charge < -0.3 is 29.0 Å². The molecule has 0 bridgehead atoms. The largest absolute Gasteiger partial charge is 0.493 e. The van der Waals surface area contributed by atoms with E-state index in [0.29, 0.717) is 28.7 Å². The van der Waals surface area contributed by atoms with Crippen LogP contribution in [0.25, 0.3) is 22.8 Å². The average Bonchev–Trinajstić information content (AvgIpc) is 3.24. The first kappa shape index (κ1) is 18.1. The predicted molar refractivity (Wildman–Crippen MR) is 100 cm³/mol. The van der Waals surface area contributed by atoms with Gasteiger partial charge in [-0.1, -0.05) is 0 Å². The molecule has 0 aliphatic heterocycles. The Morgan fingerprint density at radius 1 is 1.32 bits per heavy atom. The second-order valence-corrected chi connectivity index (χ2v) is 6.87. The number of carbonyl (C=O) groups is 1. The lowest BCUT2D eigenvalue weighted by Gasteiger charge is -2.12. The molecule has 9 nitrogen and oxygen atoms in total. The van der Waals surface area contributed by atoms with E-state index in [0.717, 1.165) is 12.4 Å². The number of aromatic nitrogens is 2. The van der Waals surface area contributed by atoms with Crippen LogP contribution in [-0.4, -0.2) is 42.5 Å². The Balaban J connectivity index is 1.39. The lowest BCUT2D eigenvalue weighted by atomic mass is 10.3. The molecule has 2 amide bonds. The third-order valence-electron chi connectivity index (χ3n) is 4.33. The Labute approximate surface area is 161 Å². The van der Waals surface area contributed by atoms with Gasteiger partial charge in [-0.3, -0.25) is 0 Å². The summed E-state index contributed by atoms with van der Waals surface area (Å²) in [7, 11) is 1.55. The monoisotopic (exact) mass is 386 g/mol. The molecule has 3 aromatic rings. The summed E-state index contributed by atoms with van der Waals surface area (Å²) >= 11 is 0. The number of benzene rings is 1. The van der Waals surface area contributed by atoms with Crippen molar-refractivity contribution in [3.63, 3.8) is 0 Å². The van der Waals surface area contributed by atoms with Crippen LogP contribution in [0.5, 0.6) is 11.6 Å². The van der Waals surface area contributed by atoms with E-state index in [1.807, 2.05) is 25.1 Å². The Morgan fingerprint density at radius 2 is 2.18 bits per heavy atom. The van der Waals surface area contributed by atoms with Crippen LogP contribution in [0, 0.1) is 5.92 Å². The molecule has 0 radical (unpaired) electrons. The number of hydrogen-bond acceptors (Lipinski definition) is 7. The van der Waals surface area contributed by atoms with E-state index in [1.165, 1.54) is 12.8 Å². The first-order chi connectivity index (χ1) is 13.6. The second kappa shape index (κ2) is 7.79. The van der Waals surface area contributed by atoms with E-state index in [4.69, 9.17) is 18.4 Å². The Kier molecular flexibility index (Phi) is 5.05. The lowest BCUT2D eigenvalue weighted by molar-refractivity contribution is 0.223. The zero-order valence-electron chi connectivity index (χ0n) is 15.7. The van der Waals surface area contributed by atoms with Crippen LogP contribution in [0.2, 0.25) is 0 Å². The van der Waals surface area contributed by atoms with Gasteiger partial charge in [0.2, 0.25) is 5.76 Å². The fourth-order valence-corrected chi connectivity index (χ4v) is 2.58. The molecular weight excluding hydrogens is 364 g/mol. The second-order valence-electron chi connectivity index (χ2n) is 6.87. The van der Waals surface area contributed by atoms with Crippen molar-refractivity contribution in [1.29, 1.82) is 0 Å². The van der Waals surface area contributed by atoms with E-state index in [-0.39, 0.29) is 24.6 Å². The highest BCUT2D eigenvalue weighted by atomic mass is 16.5. The lowest BCUT2D eigenvalue weighted by Crippen LogP contribution is -2.41. The van der Waals surface area contributed by atoms with E-state index < -0.39 is 0 Å². The first-order valence-electron chi connectivity index (χ1n) is 9.22. The zero-order valence-corrected chi connectivity index (χ0v) is 15.7. The highest BCUT2D eigenvalue weighted by Gasteiger charge is 2.22. The summed E-state index contributed by atoms with van der Waals surface area (Å²) in [4.78, 5) is 15.7. The maximum absolute atomic E-state index is 11.3. The van der Waals surface area contributed by atoms with Gasteiger partial charge in [-0.15, -0.1) is 0 Å². The van der Waals surface area contributed by atoms with Crippen molar-refractivity contribution >= 4 is 17.1 Å². The van der Waals surface area contributed by atoms with Crippen molar-refractivity contribution in [3.05, 3.63) is 24.3 Å². The van der Waals surface area contributed by atoms with Gasteiger partial charge in [-0.2, -0.15) is 0 Å². The standard InChI is InChI=1S/C19H22N4O5/c1-11(21-19(24)20-2)9-26-17-8-16(28-23-17)18-22-14-7-13(5-6-15(14)27-18)25-10-12-3-4-12/h5-8,11-12H,3-4,9-10H2,1-2H3,(H2,20,21,24)/t11-/m0/s1. The van der Waals surface area contributed by atoms with Crippen LogP contribution in [0.15, 0.2) is 33.2 Å². The Bertz CT molecular complexity index is 962. The molecule has 1 aliphatic rings. The van der Waals surface area contributed by atoms with Crippen LogP contribution < -0.4 is 20.1 Å². The summed E-state index contributed by atoms with van der Waals surface area (Å²) in [5, 5.41) is 9.05. The topological polar surface area (TPSA) is 112 Å². The van der Waals surface area contributed by atoms with Gasteiger partial charge in [-0.05, 0) is 43.0 Å². The van der Waals surface area contributed by atoms with E-state index in [1.54, 1.807) is 13.1 Å². The Morgan fingerprint density at radius 3 is 2.96 bits per heavy atom. The summed E-state index contributed by atoms with van der Waals surface area (Å²) in [6, 6.07) is 6.68. The smallest absolute Gasteiger partial charge is 0.314 e. The maximum atomic E-state index is 11.3. The van der Waals surface area contributed by atoms with Crippen molar-refractivity contribution < 1.29 is 23.2 Å². The predicted octanol–water partition coefficient (Wildman–Crippen LogP) is 2.97. The van der Waals surface area contributed by atoms with Crippen molar-refractivity contribution in [2.75, 3.05) is 20.3 Å². The highest BCUT2D eigenvalue weighted by molar-refractivity contribution is 5.77. The third-order valence-corrected chi connectivity index (χ3v) is 4.33. The zero-order chi connectivity index (χ0) is 19.5. The number of nitrogens with one attached hydrogen (secondary N) is 2. The summed E-state index contributed by atoms with van der Waals surface area (Å²) in [5.74, 6) is 2.42. The van der Waals surface area contributed by atoms with Crippen LogP contribution in [0.3, 0.4) is 0 Å². The van der Waals surface area contributed by atoms with Gasteiger partial charge in [0.1, 0.15) is 17.9 Å². The molecule has 1 aliphatic carbocycles. The number of rotatable bonds is 8. The summed E-state index contributed by atoms with van der Waals surface area (Å²) in [5.41, 5.74) is 1.32. The van der Waals surface area contributed by atoms with Crippen LogP contribution in [-0.2, 0) is 0 Å². The van der Waals surface area contributed by atoms with Crippen LogP contribution in [0.4, 0.5) is 4.79 Å². The number of ether oxygens (including phenoxy) is 2. The molecule has 4 rings (SSSR count). The fourth-order valence-electron chi connectivity index (χ4n) is 2.58. The quantitative estimate of drug-likeness (QED) is 0.612. The average molecular weight is 386 g/mol. The molecule has 1 aromatic carbocycles. The number of nitrogens with zero attached hydrogens (tertiary/aromatic N) is 2.